The van der Waals surface area contributed by atoms with Crippen molar-refractivity contribution in [1.82, 2.24) is 0 Å². The van der Waals surface area contributed by atoms with E-state index in [1.165, 1.54) is 0 Å². The van der Waals surface area contributed by atoms with E-state index < -0.39 is 107 Å². The Bertz CT molecular complexity index is 1610. The third kappa shape index (κ3) is 36.4. The molecule has 0 amide bonds. The fourth-order valence-corrected chi connectivity index (χ4v) is 0.846. The minimum absolute atomic E-state index is 0.642. The van der Waals surface area contributed by atoms with Crippen LogP contribution in [-0.4, -0.2) is 88.2 Å². The predicted octanol–water partition coefficient (Wildman–Crippen LogP) is -8.91. The second-order valence-corrected chi connectivity index (χ2v) is 14.5. The molecule has 232 valence electrons. The average molecular weight is 859 g/mol. The van der Waals surface area contributed by atoms with Gasteiger partial charge in [0.05, 0.1) is 0 Å². The summed E-state index contributed by atoms with van der Waals surface area (Å²) in [5.74, 6) is -20.6. The Labute approximate surface area is 215 Å². The van der Waals surface area contributed by atoms with Crippen molar-refractivity contribution in [2.75, 3.05) is 0 Å². The van der Waals surface area contributed by atoms with E-state index in [9.17, 15) is 52.7 Å². The van der Waals surface area contributed by atoms with Crippen molar-refractivity contribution >= 4 is 64.6 Å². The van der Waals surface area contributed by atoms with Crippen LogP contribution < -0.4 is 0 Å². The summed E-state index contributed by atoms with van der Waals surface area (Å²) < 4.78 is 122. The van der Waals surface area contributed by atoms with Crippen LogP contribution in [0, 0.1) is 0 Å². The number of carbonyl (C=O) groups is 11. The Morgan fingerprint density at radius 2 is 0.425 bits per heavy atom. The van der Waals surface area contributed by atoms with Gasteiger partial charge in [-0.1, -0.05) is 0 Å². The number of hydrogen-bond acceptors (Lipinski definition) is 20. The molecule has 40 heavy (non-hydrogen) atoms. The van der Waals surface area contributed by atoms with E-state index in [4.69, 9.17) is 55.8 Å². The molecule has 0 aliphatic heterocycles. The second kappa shape index (κ2) is 13.5. The van der Waals surface area contributed by atoms with Crippen molar-refractivity contribution in [3.63, 3.8) is 0 Å². The zero-order valence-electron chi connectivity index (χ0n) is 17.6. The molecule has 0 saturated heterocycles. The normalized spacial score (nSPS) is 13.4. The summed E-state index contributed by atoms with van der Waals surface area (Å²) in [6.45, 7) is 0. The maximum absolute atomic E-state index is 11.1. The first-order chi connectivity index (χ1) is 16.8. The molecular weight excluding hydrogens is 851 g/mol. The Kier molecular flexibility index (Phi) is 14.6. The maximum atomic E-state index is 11.1. The van der Waals surface area contributed by atoms with Crippen molar-refractivity contribution in [1.29, 1.82) is 0 Å². The van der Waals surface area contributed by atoms with Crippen molar-refractivity contribution in [2.45, 2.75) is 0 Å². The quantitative estimate of drug-likeness (QED) is 0.0514. The molecule has 0 bridgehead atoms. The van der Waals surface area contributed by atoms with Gasteiger partial charge >= 0.3 is 98.3 Å². The van der Waals surface area contributed by atoms with Crippen LogP contribution in [0.3, 0.4) is 0 Å². The van der Waals surface area contributed by atoms with Gasteiger partial charge in [-0.15, -0.1) is 0 Å². The van der Waals surface area contributed by atoms with Gasteiger partial charge in [0, 0.05) is 0 Å². The number of ketones is 9. The molecule has 0 aromatic heterocycles. The number of carbonyl (C=O) groups excluding carboxylic acids is 11. The summed E-state index contributed by atoms with van der Waals surface area (Å²) in [7, 11) is 0. The van der Waals surface area contributed by atoms with Crippen molar-refractivity contribution in [3.8, 4) is 0 Å². The van der Waals surface area contributed by atoms with E-state index in [2.05, 4.69) is 0 Å². The van der Waals surface area contributed by atoms with E-state index in [1.54, 1.807) is 0 Å². The average Bonchev–Trinajstić information content (AvgIpc) is 2.68. The van der Waals surface area contributed by atoms with Crippen LogP contribution in [0.1, 0.15) is 0 Å². The van der Waals surface area contributed by atoms with Crippen LogP contribution in [-0.2, 0) is 127 Å². The molecule has 0 aliphatic rings. The van der Waals surface area contributed by atoms with Crippen molar-refractivity contribution < 1.29 is 151 Å². The van der Waals surface area contributed by atoms with Gasteiger partial charge in [0.25, 0.3) is 52.0 Å². The summed E-state index contributed by atoms with van der Waals surface area (Å²) in [6.07, 6.45) is -1.28. The first-order valence-electron chi connectivity index (χ1n) is 7.13. The van der Waals surface area contributed by atoms with Crippen LogP contribution >= 0.6 is 0 Å². The number of aldehydes is 2. The van der Waals surface area contributed by atoms with Gasteiger partial charge in [-0.05, 0) is 0 Å². The fraction of sp³-hybridized carbons (Fsp3) is 0. The first kappa shape index (κ1) is 43.3. The number of rotatable bonds is 10. The van der Waals surface area contributed by atoms with Crippen molar-refractivity contribution in [2.24, 2.45) is 0 Å². The summed E-state index contributed by atoms with van der Waals surface area (Å²) in [5.41, 5.74) is 0. The molecule has 0 fully saturated rings. The third-order valence-corrected chi connectivity index (χ3v) is 1.90. The fourth-order valence-electron chi connectivity index (χ4n) is 0.846. The molecule has 29 heteroatoms. The number of hydrogen-bond donors (Lipinski definition) is 6. The molecule has 0 radical (unpaired) electrons. The molecule has 0 heterocycles. The SMILES string of the molecule is O=CC(=O)C(=O)C(=O)C(=O)C(=O)C(=O)C(=O)C(=O)C(=O)C=O.[O]=[Ru](=[O])(=[O])([OH])[OH].[O]=[Ru](=[O])(=[O])([OH])[OH].[O]=[Ru](=[O])(=[O])([OH])[OH]. The third-order valence-electron chi connectivity index (χ3n) is 1.90. The molecule has 0 aromatic rings. The molecule has 0 spiro atoms. The second-order valence-electron chi connectivity index (χ2n) is 5.17. The van der Waals surface area contributed by atoms with Gasteiger partial charge in [-0.2, -0.15) is 0 Å². The van der Waals surface area contributed by atoms with Crippen LogP contribution in [0.25, 0.3) is 0 Å². The molecule has 0 atom stereocenters. The Balaban J connectivity index is -0.000000289. The summed E-state index contributed by atoms with van der Waals surface area (Å²) in [6, 6.07) is 0. The van der Waals surface area contributed by atoms with Gasteiger partial charge in [-0.25, -0.2) is 0 Å². The van der Waals surface area contributed by atoms with Gasteiger partial charge in [-0.3, -0.25) is 52.7 Å². The van der Waals surface area contributed by atoms with Gasteiger partial charge in [0.2, 0.25) is 0 Å². The van der Waals surface area contributed by atoms with E-state index >= 15 is 0 Å². The van der Waals surface area contributed by atoms with Gasteiger partial charge in [0.15, 0.2) is 12.6 Å². The topological polar surface area (TPSA) is 463 Å². The summed E-state index contributed by atoms with van der Waals surface area (Å²) in [5, 5.41) is 0. The molecule has 26 nitrogen and oxygen atoms in total. The van der Waals surface area contributed by atoms with E-state index in [0.717, 1.165) is 0 Å². The van der Waals surface area contributed by atoms with Crippen LogP contribution in [0.2, 0.25) is 0 Å². The van der Waals surface area contributed by atoms with Crippen LogP contribution in [0.4, 0.5) is 0 Å². The van der Waals surface area contributed by atoms with Crippen LogP contribution in [0.5, 0.6) is 0 Å². The Hall–Kier alpha value is -3.80. The Morgan fingerprint density at radius 1 is 0.325 bits per heavy atom. The molecule has 0 aliphatic carbocycles. The van der Waals surface area contributed by atoms with Crippen molar-refractivity contribution in [3.05, 3.63) is 0 Å². The molecule has 0 aromatic carbocycles. The van der Waals surface area contributed by atoms with E-state index in [0.29, 0.717) is 0 Å². The molecule has 0 unspecified atom stereocenters. The molecule has 6 N–H and O–H groups in total. The van der Waals surface area contributed by atoms with Gasteiger partial charge < -0.3 is 0 Å². The summed E-state index contributed by atoms with van der Waals surface area (Å²) in [4.78, 5) is 118. The zero-order valence-corrected chi connectivity index (χ0v) is 22.8. The molecule has 0 rings (SSSR count). The number of Topliss-reactive ketones (excluding diaryl/α,β-unsaturated/α-hetero) is 9. The summed E-state index contributed by atoms with van der Waals surface area (Å²) >= 11 is -21.7. The Morgan fingerprint density at radius 3 is 0.525 bits per heavy atom. The van der Waals surface area contributed by atoms with Gasteiger partial charge in [0.1, 0.15) is 0 Å². The zero-order chi connectivity index (χ0) is 34.0. The molecule has 0 saturated carbocycles. The monoisotopic (exact) mass is 862 g/mol. The minimum atomic E-state index is -7.22. The van der Waals surface area contributed by atoms with Crippen LogP contribution in [0.15, 0.2) is 0 Å². The standard InChI is InChI=1S/C11H2O11.6H2O.9O.3Ru/c12-1-3(14)5(16)7(18)9(20)11(22)10(21)8(19)6(17)4(15)2-13;;;;;;;;;;;;;;;;;;/h1-2H;6*1H2;;;;;;;;;;;;/q;;;;;;;;;;;;;;;;3*+2/p-6. The van der Waals surface area contributed by atoms with E-state index in [1.807, 2.05) is 0 Å². The predicted molar refractivity (Wildman–Crippen MR) is 76.7 cm³/mol. The van der Waals surface area contributed by atoms with E-state index in [-0.39, 0.29) is 0 Å². The molecular formula is C11H8O26Ru3. The first-order valence-corrected chi connectivity index (χ1v) is 18.2.